The zero-order valence-electron chi connectivity index (χ0n) is 8.18. The maximum Gasteiger partial charge on any atom is 0.313 e. The normalized spacial score (nSPS) is 16.1. The number of ketones is 1. The minimum absolute atomic E-state index is 0.258. The molecule has 2 rings (SSSR count). The Morgan fingerprint density at radius 3 is 2.53 bits per heavy atom. The lowest BCUT2D eigenvalue weighted by molar-refractivity contribution is -0.183. The number of hydroxylamine groups is 2. The smallest absolute Gasteiger partial charge is 0.289 e. The first-order chi connectivity index (χ1) is 7.27. The van der Waals surface area contributed by atoms with Crippen LogP contribution in [0.1, 0.15) is 12.0 Å². The van der Waals surface area contributed by atoms with Gasteiger partial charge in [0.05, 0.1) is 6.54 Å². The van der Waals surface area contributed by atoms with E-state index in [2.05, 4.69) is 0 Å². The van der Waals surface area contributed by atoms with Crippen molar-refractivity contribution in [3.8, 4) is 0 Å². The third kappa shape index (κ3) is 2.22. The van der Waals surface area contributed by atoms with E-state index in [-0.39, 0.29) is 12.2 Å². The van der Waals surface area contributed by atoms with Gasteiger partial charge in [-0.15, -0.1) is 0 Å². The van der Waals surface area contributed by atoms with Crippen molar-refractivity contribution < 1.29 is 14.4 Å². The number of hydrogen-bond donors (Lipinski definition) is 0. The summed E-state index contributed by atoms with van der Waals surface area (Å²) in [5.41, 5.74) is 0.977. The standard InChI is InChI=1S/C11H11NO3/c13-10-6-7-12(11(10)14)15-8-9-4-2-1-3-5-9/h1-5H,6-8H2. The van der Waals surface area contributed by atoms with E-state index in [0.717, 1.165) is 10.6 Å². The molecule has 1 aromatic carbocycles. The summed E-state index contributed by atoms with van der Waals surface area (Å²) in [4.78, 5) is 27.3. The number of rotatable bonds is 3. The SMILES string of the molecule is O=C1CCN(OCc2ccccc2)C1=O. The van der Waals surface area contributed by atoms with Crippen LogP contribution in [0.2, 0.25) is 0 Å². The predicted molar refractivity (Wildman–Crippen MR) is 52.6 cm³/mol. The van der Waals surface area contributed by atoms with Crippen molar-refractivity contribution >= 4 is 11.7 Å². The minimum Gasteiger partial charge on any atom is -0.289 e. The molecule has 0 aromatic heterocycles. The van der Waals surface area contributed by atoms with Crippen LogP contribution in [0.15, 0.2) is 30.3 Å². The zero-order chi connectivity index (χ0) is 10.7. The molecule has 1 aliphatic rings. The Morgan fingerprint density at radius 2 is 1.93 bits per heavy atom. The third-order valence-electron chi connectivity index (χ3n) is 2.24. The molecule has 1 aromatic rings. The first kappa shape index (κ1) is 9.86. The largest absolute Gasteiger partial charge is 0.313 e. The molecule has 0 radical (unpaired) electrons. The van der Waals surface area contributed by atoms with E-state index in [9.17, 15) is 9.59 Å². The van der Waals surface area contributed by atoms with Gasteiger partial charge in [-0.2, -0.15) is 0 Å². The monoisotopic (exact) mass is 205 g/mol. The Morgan fingerprint density at radius 1 is 1.20 bits per heavy atom. The van der Waals surface area contributed by atoms with Gasteiger partial charge in [0.1, 0.15) is 6.61 Å². The highest BCUT2D eigenvalue weighted by Gasteiger charge is 2.30. The number of nitrogens with zero attached hydrogens (tertiary/aromatic N) is 1. The van der Waals surface area contributed by atoms with E-state index in [4.69, 9.17) is 4.84 Å². The van der Waals surface area contributed by atoms with Crippen molar-refractivity contribution in [2.45, 2.75) is 13.0 Å². The van der Waals surface area contributed by atoms with E-state index in [1.807, 2.05) is 30.3 Å². The highest BCUT2D eigenvalue weighted by molar-refractivity contribution is 6.37. The highest BCUT2D eigenvalue weighted by atomic mass is 16.7. The summed E-state index contributed by atoms with van der Waals surface area (Å²) in [6.07, 6.45) is 0.258. The summed E-state index contributed by atoms with van der Waals surface area (Å²) >= 11 is 0. The van der Waals surface area contributed by atoms with E-state index < -0.39 is 5.91 Å². The lowest BCUT2D eigenvalue weighted by Gasteiger charge is -2.13. The number of Topliss-reactive ketones (excluding diaryl/α,β-unsaturated/α-hetero) is 1. The fourth-order valence-corrected chi connectivity index (χ4v) is 1.40. The second-order valence-corrected chi connectivity index (χ2v) is 3.34. The zero-order valence-corrected chi connectivity index (χ0v) is 8.18. The van der Waals surface area contributed by atoms with Gasteiger partial charge in [-0.3, -0.25) is 14.4 Å². The van der Waals surface area contributed by atoms with Gasteiger partial charge in [-0.05, 0) is 5.56 Å². The Balaban J connectivity index is 1.89. The average molecular weight is 205 g/mol. The van der Waals surface area contributed by atoms with Crippen LogP contribution in [0.4, 0.5) is 0 Å². The lowest BCUT2D eigenvalue weighted by Crippen LogP contribution is -2.27. The van der Waals surface area contributed by atoms with Gasteiger partial charge in [0.15, 0.2) is 0 Å². The Bertz CT molecular complexity index is 375. The molecular formula is C11H11NO3. The topological polar surface area (TPSA) is 46.6 Å². The van der Waals surface area contributed by atoms with Crippen molar-refractivity contribution in [2.75, 3.05) is 6.54 Å². The molecule has 0 aliphatic carbocycles. The molecule has 0 bridgehead atoms. The van der Waals surface area contributed by atoms with Gasteiger partial charge in [0, 0.05) is 6.42 Å². The molecule has 1 heterocycles. The molecule has 0 saturated carbocycles. The molecule has 0 unspecified atom stereocenters. The number of carbonyl (C=O) groups excluding carboxylic acids is 2. The quantitative estimate of drug-likeness (QED) is 0.689. The van der Waals surface area contributed by atoms with Crippen molar-refractivity contribution in [1.29, 1.82) is 0 Å². The molecule has 4 nitrogen and oxygen atoms in total. The average Bonchev–Trinajstić information content (AvgIpc) is 2.59. The van der Waals surface area contributed by atoms with E-state index in [1.165, 1.54) is 0 Å². The van der Waals surface area contributed by atoms with Crippen LogP contribution >= 0.6 is 0 Å². The molecule has 1 aliphatic heterocycles. The number of carbonyl (C=O) groups is 2. The summed E-state index contributed by atoms with van der Waals surface area (Å²) in [7, 11) is 0. The van der Waals surface area contributed by atoms with Crippen LogP contribution in [0.3, 0.4) is 0 Å². The Labute approximate surface area is 87.4 Å². The molecule has 1 fully saturated rings. The predicted octanol–water partition coefficient (Wildman–Crippen LogP) is 0.920. The molecule has 1 amide bonds. The molecular weight excluding hydrogens is 194 g/mol. The highest BCUT2D eigenvalue weighted by Crippen LogP contribution is 2.09. The fourth-order valence-electron chi connectivity index (χ4n) is 1.40. The molecule has 0 N–H and O–H groups in total. The first-order valence-electron chi connectivity index (χ1n) is 4.79. The molecule has 1 saturated heterocycles. The van der Waals surface area contributed by atoms with E-state index in [0.29, 0.717) is 13.2 Å². The minimum atomic E-state index is -0.536. The second-order valence-electron chi connectivity index (χ2n) is 3.34. The van der Waals surface area contributed by atoms with Gasteiger partial charge in [-0.25, -0.2) is 5.06 Å². The van der Waals surface area contributed by atoms with Crippen LogP contribution in [-0.4, -0.2) is 23.3 Å². The molecule has 4 heteroatoms. The maximum absolute atomic E-state index is 11.2. The molecule has 0 atom stereocenters. The van der Waals surface area contributed by atoms with Crippen molar-refractivity contribution in [3.05, 3.63) is 35.9 Å². The van der Waals surface area contributed by atoms with Crippen molar-refractivity contribution in [3.63, 3.8) is 0 Å². The fraction of sp³-hybridized carbons (Fsp3) is 0.273. The second kappa shape index (κ2) is 4.23. The van der Waals surface area contributed by atoms with Gasteiger partial charge < -0.3 is 0 Å². The third-order valence-corrected chi connectivity index (χ3v) is 2.24. The first-order valence-corrected chi connectivity index (χ1v) is 4.79. The molecule has 15 heavy (non-hydrogen) atoms. The molecule has 0 spiro atoms. The summed E-state index contributed by atoms with van der Waals surface area (Å²) < 4.78 is 0. The van der Waals surface area contributed by atoms with Crippen molar-refractivity contribution in [1.82, 2.24) is 5.06 Å². The van der Waals surface area contributed by atoms with Crippen molar-refractivity contribution in [2.24, 2.45) is 0 Å². The Hall–Kier alpha value is -1.68. The summed E-state index contributed by atoms with van der Waals surface area (Å²) in [6.45, 7) is 0.685. The lowest BCUT2D eigenvalue weighted by atomic mass is 10.2. The number of hydrogen-bond acceptors (Lipinski definition) is 3. The van der Waals surface area contributed by atoms with Crippen LogP contribution < -0.4 is 0 Å². The van der Waals surface area contributed by atoms with Gasteiger partial charge >= 0.3 is 5.91 Å². The summed E-state index contributed by atoms with van der Waals surface area (Å²) in [6, 6.07) is 9.52. The maximum atomic E-state index is 11.2. The van der Waals surface area contributed by atoms with Crippen LogP contribution in [-0.2, 0) is 21.0 Å². The summed E-state index contributed by atoms with van der Waals surface area (Å²) in [5, 5.41) is 1.13. The number of amides is 1. The number of benzene rings is 1. The van der Waals surface area contributed by atoms with Crippen LogP contribution in [0.5, 0.6) is 0 Å². The van der Waals surface area contributed by atoms with Gasteiger partial charge in [0.25, 0.3) is 0 Å². The van der Waals surface area contributed by atoms with Crippen LogP contribution in [0.25, 0.3) is 0 Å². The Kier molecular flexibility index (Phi) is 2.78. The van der Waals surface area contributed by atoms with Crippen LogP contribution in [0, 0.1) is 0 Å². The van der Waals surface area contributed by atoms with Gasteiger partial charge in [0.2, 0.25) is 5.78 Å². The van der Waals surface area contributed by atoms with Gasteiger partial charge in [-0.1, -0.05) is 30.3 Å². The molecule has 78 valence electrons. The van der Waals surface area contributed by atoms with E-state index >= 15 is 0 Å². The summed E-state index contributed by atoms with van der Waals surface area (Å²) in [5.74, 6) is -0.908. The van der Waals surface area contributed by atoms with E-state index in [1.54, 1.807) is 0 Å².